The number of ether oxygens (including phenoxy) is 1. The van der Waals surface area contributed by atoms with Crippen molar-refractivity contribution < 1.29 is 9.64 Å². The third-order valence-electron chi connectivity index (χ3n) is 4.71. The summed E-state index contributed by atoms with van der Waals surface area (Å²) in [7, 11) is 4.09. The van der Waals surface area contributed by atoms with Crippen molar-refractivity contribution in [3.63, 3.8) is 0 Å². The van der Waals surface area contributed by atoms with Gasteiger partial charge in [0.05, 0.1) is 38.7 Å². The van der Waals surface area contributed by atoms with Gasteiger partial charge in [-0.2, -0.15) is 5.26 Å². The van der Waals surface area contributed by atoms with E-state index < -0.39 is 5.92 Å². The number of fused-ring (bicyclic) bond motifs is 1. The Bertz CT molecular complexity index is 1020. The molecule has 2 heterocycles. The highest BCUT2D eigenvalue weighted by molar-refractivity contribution is 9.10. The molecule has 1 aromatic carbocycles. The summed E-state index contributed by atoms with van der Waals surface area (Å²) in [5.74, 6) is -0.0843. The molecule has 1 aromatic heterocycles. The van der Waals surface area contributed by atoms with Crippen LogP contribution in [0.2, 0.25) is 0 Å². The Balaban J connectivity index is 2.24. The maximum atomic E-state index is 13.4. The number of hydrogen-bond donors (Lipinski definition) is 2. The zero-order valence-corrected chi connectivity index (χ0v) is 17.1. The molecule has 2 aromatic rings. The first-order valence-electron chi connectivity index (χ1n) is 8.70. The number of aryl methyl sites for hydroxylation is 1. The third kappa shape index (κ3) is 3.64. The number of likely N-dealkylation sites (N-methyl/N-ethyl adjacent to an activating group) is 1. The van der Waals surface area contributed by atoms with Gasteiger partial charge in [0.25, 0.3) is 5.56 Å². The Morgan fingerprint density at radius 1 is 1.37 bits per heavy atom. The van der Waals surface area contributed by atoms with Crippen molar-refractivity contribution in [2.45, 2.75) is 19.4 Å². The Morgan fingerprint density at radius 2 is 2.11 bits per heavy atom. The Kier molecular flexibility index (Phi) is 5.40. The molecule has 0 aliphatic carbocycles. The van der Waals surface area contributed by atoms with Gasteiger partial charge in [-0.3, -0.25) is 4.79 Å². The average Bonchev–Trinajstić information content (AvgIpc) is 2.60. The van der Waals surface area contributed by atoms with Crippen molar-refractivity contribution >= 4 is 15.9 Å². The maximum absolute atomic E-state index is 13.4. The van der Waals surface area contributed by atoms with Gasteiger partial charge in [-0.15, -0.1) is 0 Å². The zero-order chi connectivity index (χ0) is 19.7. The number of nitrogens with one attached hydrogen (secondary N) is 1. The average molecular weight is 430 g/mol. The molecule has 3 N–H and O–H groups in total. The second-order valence-electron chi connectivity index (χ2n) is 6.96. The normalized spacial score (nSPS) is 16.1. The van der Waals surface area contributed by atoms with Gasteiger partial charge in [-0.05, 0) is 24.6 Å². The smallest absolute Gasteiger partial charge is 0.258 e. The van der Waals surface area contributed by atoms with Gasteiger partial charge in [0.15, 0.2) is 0 Å². The fraction of sp³-hybridized carbons (Fsp3) is 0.300. The Morgan fingerprint density at radius 3 is 2.74 bits per heavy atom. The lowest BCUT2D eigenvalue weighted by Gasteiger charge is -2.27. The summed E-state index contributed by atoms with van der Waals surface area (Å²) in [5.41, 5.74) is 8.21. The summed E-state index contributed by atoms with van der Waals surface area (Å²) in [6, 6.07) is 11.5. The van der Waals surface area contributed by atoms with E-state index in [9.17, 15) is 10.1 Å². The van der Waals surface area contributed by atoms with E-state index in [1.807, 2.05) is 51.4 Å². The van der Waals surface area contributed by atoms with Crippen molar-refractivity contribution in [2.24, 2.45) is 5.73 Å². The Hall–Kier alpha value is -2.56. The van der Waals surface area contributed by atoms with Crippen molar-refractivity contribution in [2.75, 3.05) is 20.6 Å². The first-order valence-corrected chi connectivity index (χ1v) is 9.49. The van der Waals surface area contributed by atoms with Crippen LogP contribution in [0, 0.1) is 18.3 Å². The van der Waals surface area contributed by atoms with Gasteiger partial charge >= 0.3 is 0 Å². The van der Waals surface area contributed by atoms with Crippen LogP contribution in [-0.4, -0.2) is 25.2 Å². The van der Waals surface area contributed by atoms with E-state index in [0.717, 1.165) is 22.3 Å². The number of allylic oxidation sites excluding steroid dienone is 1. The molecule has 0 saturated heterocycles. The molecule has 0 bridgehead atoms. The highest BCUT2D eigenvalue weighted by atomic mass is 79.9. The summed E-state index contributed by atoms with van der Waals surface area (Å²) in [6.07, 6.45) is 0. The van der Waals surface area contributed by atoms with Crippen molar-refractivity contribution in [3.05, 3.63) is 73.4 Å². The molecule has 7 heteroatoms. The van der Waals surface area contributed by atoms with Gasteiger partial charge in [-0.25, -0.2) is 0 Å². The molecule has 0 radical (unpaired) electrons. The number of nitrogens with zero attached hydrogens (tertiary/aromatic N) is 2. The molecule has 1 atom stereocenters. The molecule has 140 valence electrons. The maximum Gasteiger partial charge on any atom is 0.258 e. The van der Waals surface area contributed by atoms with Crippen molar-refractivity contribution in [3.8, 4) is 11.8 Å². The lowest BCUT2D eigenvalue weighted by atomic mass is 9.84. The molecule has 27 heavy (non-hydrogen) atoms. The van der Waals surface area contributed by atoms with Crippen LogP contribution in [0.5, 0.6) is 5.75 Å². The van der Waals surface area contributed by atoms with E-state index >= 15 is 0 Å². The summed E-state index contributed by atoms with van der Waals surface area (Å²) >= 11 is 3.46. The zero-order valence-electron chi connectivity index (χ0n) is 15.5. The molecule has 1 aliphatic rings. The molecule has 0 unspecified atom stereocenters. The molecule has 0 fully saturated rings. The number of aromatic nitrogens is 1. The molecule has 1 aliphatic heterocycles. The minimum Gasteiger partial charge on any atom is -0.440 e. The molecule has 0 saturated carbocycles. The molecular weight excluding hydrogens is 408 g/mol. The number of pyridine rings is 1. The molecule has 0 spiro atoms. The monoisotopic (exact) mass is 429 g/mol. The number of benzene rings is 1. The number of nitriles is 1. The Labute approximate surface area is 166 Å². The summed E-state index contributed by atoms with van der Waals surface area (Å²) < 4.78 is 8.28. The molecule has 0 amide bonds. The van der Waals surface area contributed by atoms with Crippen LogP contribution in [-0.2, 0) is 6.54 Å². The largest absolute Gasteiger partial charge is 0.440 e. The van der Waals surface area contributed by atoms with Crippen LogP contribution in [0.15, 0.2) is 51.1 Å². The summed E-state index contributed by atoms with van der Waals surface area (Å²) in [6.45, 7) is 3.28. The lowest BCUT2D eigenvalue weighted by Crippen LogP contribution is -3.06. The van der Waals surface area contributed by atoms with Crippen LogP contribution in [0.3, 0.4) is 0 Å². The number of hydrogen-bond acceptors (Lipinski definition) is 4. The second-order valence-corrected chi connectivity index (χ2v) is 7.87. The fourth-order valence-corrected chi connectivity index (χ4v) is 3.74. The van der Waals surface area contributed by atoms with Crippen molar-refractivity contribution in [1.82, 2.24) is 4.57 Å². The lowest BCUT2D eigenvalue weighted by molar-refractivity contribution is -0.858. The van der Waals surface area contributed by atoms with E-state index in [1.165, 1.54) is 4.90 Å². The molecular formula is C20H22BrN4O2+. The molecule has 6 nitrogen and oxygen atoms in total. The highest BCUT2D eigenvalue weighted by Crippen LogP contribution is 2.40. The van der Waals surface area contributed by atoms with Gasteiger partial charge < -0.3 is 19.9 Å². The minimum absolute atomic E-state index is 0.0456. The SMILES string of the molecule is Cc1cc2c(c(=O)n1CC[NH+](C)C)[C@H](c1cccc(Br)c1)C(C#N)=C(N)O2. The number of halogens is 1. The van der Waals surface area contributed by atoms with Gasteiger partial charge in [0.1, 0.15) is 17.4 Å². The van der Waals surface area contributed by atoms with E-state index in [2.05, 4.69) is 22.0 Å². The van der Waals surface area contributed by atoms with E-state index in [0.29, 0.717) is 17.9 Å². The van der Waals surface area contributed by atoms with E-state index in [-0.39, 0.29) is 17.0 Å². The van der Waals surface area contributed by atoms with Gasteiger partial charge in [0, 0.05) is 16.2 Å². The highest BCUT2D eigenvalue weighted by Gasteiger charge is 2.34. The minimum atomic E-state index is -0.553. The third-order valence-corrected chi connectivity index (χ3v) is 5.20. The summed E-state index contributed by atoms with van der Waals surface area (Å²) in [4.78, 5) is 14.6. The van der Waals surface area contributed by atoms with Crippen molar-refractivity contribution in [1.29, 1.82) is 5.26 Å². The van der Waals surface area contributed by atoms with Crippen LogP contribution in [0.1, 0.15) is 22.7 Å². The van der Waals surface area contributed by atoms with E-state index in [1.54, 1.807) is 4.57 Å². The predicted octanol–water partition coefficient (Wildman–Crippen LogP) is 1.28. The van der Waals surface area contributed by atoms with Crippen LogP contribution in [0.4, 0.5) is 0 Å². The van der Waals surface area contributed by atoms with Crippen LogP contribution >= 0.6 is 15.9 Å². The fourth-order valence-electron chi connectivity index (χ4n) is 3.32. The number of quaternary nitrogens is 1. The van der Waals surface area contributed by atoms with Gasteiger partial charge in [-0.1, -0.05) is 28.1 Å². The van der Waals surface area contributed by atoms with Gasteiger partial charge in [0.2, 0.25) is 5.88 Å². The topological polar surface area (TPSA) is 85.5 Å². The first kappa shape index (κ1) is 19.2. The first-order chi connectivity index (χ1) is 12.8. The predicted molar refractivity (Wildman–Crippen MR) is 107 cm³/mol. The van der Waals surface area contributed by atoms with E-state index in [4.69, 9.17) is 10.5 Å². The number of nitrogens with two attached hydrogens (primary N) is 1. The standard InChI is InChI=1S/C20H21BrN4O2/c1-12-9-16-18(20(26)25(12)8-7-24(2)3)17(15(11-22)19(23)27-16)13-5-4-6-14(21)10-13/h4-6,9-10,17H,7-8,23H2,1-3H3/p+1/t17-/m1/s1. The number of rotatable bonds is 4. The summed E-state index contributed by atoms with van der Waals surface area (Å²) in [5, 5.41) is 9.69. The quantitative estimate of drug-likeness (QED) is 0.766. The van der Waals surface area contributed by atoms with Crippen LogP contribution < -0.4 is 20.9 Å². The molecule has 3 rings (SSSR count). The second kappa shape index (κ2) is 7.59. The van der Waals surface area contributed by atoms with Crippen LogP contribution in [0.25, 0.3) is 0 Å².